The number of furan rings is 1. The van der Waals surface area contributed by atoms with Gasteiger partial charge in [-0.15, -0.1) is 0 Å². The minimum atomic E-state index is 0.472. The summed E-state index contributed by atoms with van der Waals surface area (Å²) in [6, 6.07) is 18.8. The van der Waals surface area contributed by atoms with Gasteiger partial charge in [0, 0.05) is 17.2 Å². The standard InChI is InChI=1S/C26H29N3O2/c1-4-8-20(27-2)13-16-22-24-23(18-11-14-21(30-3)15-12-18)25(19-9-6-5-7-10-19)31-26(24)29-17-28-22/h5-7,9-12,14-15,17,20,27H,4,8,13,16H2,1-3H3/t20-/m1/s1. The summed E-state index contributed by atoms with van der Waals surface area (Å²) in [4.78, 5) is 9.15. The Morgan fingerprint density at radius 2 is 1.74 bits per heavy atom. The van der Waals surface area contributed by atoms with Crippen LogP contribution in [0.2, 0.25) is 0 Å². The molecular weight excluding hydrogens is 386 g/mol. The Morgan fingerprint density at radius 1 is 0.968 bits per heavy atom. The molecule has 0 radical (unpaired) electrons. The number of aromatic nitrogens is 2. The molecule has 0 aliphatic carbocycles. The van der Waals surface area contributed by atoms with E-state index in [1.807, 2.05) is 37.4 Å². The van der Waals surface area contributed by atoms with E-state index < -0.39 is 0 Å². The molecule has 0 aliphatic rings. The highest BCUT2D eigenvalue weighted by atomic mass is 16.5. The number of rotatable bonds is 9. The largest absolute Gasteiger partial charge is 0.497 e. The van der Waals surface area contributed by atoms with Crippen molar-refractivity contribution in [2.75, 3.05) is 14.2 Å². The van der Waals surface area contributed by atoms with Gasteiger partial charge in [-0.2, -0.15) is 0 Å². The van der Waals surface area contributed by atoms with Crippen LogP contribution in [0.1, 0.15) is 31.9 Å². The molecule has 160 valence electrons. The van der Waals surface area contributed by atoms with E-state index in [-0.39, 0.29) is 0 Å². The summed E-state index contributed by atoms with van der Waals surface area (Å²) in [5, 5.41) is 4.43. The molecule has 2 aromatic heterocycles. The van der Waals surface area contributed by atoms with E-state index in [1.165, 1.54) is 0 Å². The maximum atomic E-state index is 6.32. The SMILES string of the molecule is CCC[C@H](CCc1ncnc2oc(-c3ccccc3)c(-c3ccc(OC)cc3)c12)NC. The van der Waals surface area contributed by atoms with Crippen LogP contribution in [-0.2, 0) is 6.42 Å². The number of hydrogen-bond donors (Lipinski definition) is 1. The third-order valence-corrected chi connectivity index (χ3v) is 5.76. The molecule has 0 unspecified atom stereocenters. The lowest BCUT2D eigenvalue weighted by Gasteiger charge is -2.15. The molecule has 0 aliphatic heterocycles. The summed E-state index contributed by atoms with van der Waals surface area (Å²) in [6.07, 6.45) is 5.80. The summed E-state index contributed by atoms with van der Waals surface area (Å²) in [6.45, 7) is 2.22. The summed E-state index contributed by atoms with van der Waals surface area (Å²) in [5.41, 5.74) is 4.78. The summed E-state index contributed by atoms with van der Waals surface area (Å²) >= 11 is 0. The van der Waals surface area contributed by atoms with Crippen molar-refractivity contribution in [3.05, 3.63) is 66.6 Å². The predicted octanol–water partition coefficient (Wildman–Crippen LogP) is 5.89. The molecule has 1 atom stereocenters. The molecular formula is C26H29N3O2. The van der Waals surface area contributed by atoms with Crippen molar-refractivity contribution in [2.45, 2.75) is 38.6 Å². The van der Waals surface area contributed by atoms with E-state index >= 15 is 0 Å². The van der Waals surface area contributed by atoms with E-state index in [2.05, 4.69) is 46.5 Å². The minimum absolute atomic E-state index is 0.472. The zero-order valence-corrected chi connectivity index (χ0v) is 18.4. The molecule has 5 nitrogen and oxygen atoms in total. The van der Waals surface area contributed by atoms with Crippen LogP contribution in [0.25, 0.3) is 33.6 Å². The lowest BCUT2D eigenvalue weighted by molar-refractivity contribution is 0.415. The normalized spacial score (nSPS) is 12.2. The number of fused-ring (bicyclic) bond motifs is 1. The molecule has 0 fully saturated rings. The quantitative estimate of drug-likeness (QED) is 0.369. The Bertz CT molecular complexity index is 1120. The molecule has 2 aromatic carbocycles. The molecule has 5 heteroatoms. The van der Waals surface area contributed by atoms with Gasteiger partial charge < -0.3 is 14.5 Å². The van der Waals surface area contributed by atoms with Gasteiger partial charge >= 0.3 is 0 Å². The predicted molar refractivity (Wildman–Crippen MR) is 125 cm³/mol. The maximum Gasteiger partial charge on any atom is 0.230 e. The first-order valence-electron chi connectivity index (χ1n) is 10.9. The highest BCUT2D eigenvalue weighted by Crippen LogP contribution is 2.41. The Balaban J connectivity index is 1.86. The highest BCUT2D eigenvalue weighted by molar-refractivity contribution is 6.01. The minimum Gasteiger partial charge on any atom is -0.497 e. The summed E-state index contributed by atoms with van der Waals surface area (Å²) < 4.78 is 11.7. The van der Waals surface area contributed by atoms with Gasteiger partial charge in [0.2, 0.25) is 5.71 Å². The molecule has 0 bridgehead atoms. The molecule has 0 amide bonds. The molecule has 1 N–H and O–H groups in total. The molecule has 31 heavy (non-hydrogen) atoms. The number of nitrogens with one attached hydrogen (secondary N) is 1. The van der Waals surface area contributed by atoms with Crippen LogP contribution in [0, 0.1) is 0 Å². The third-order valence-electron chi connectivity index (χ3n) is 5.76. The Kier molecular flexibility index (Phi) is 6.63. The maximum absolute atomic E-state index is 6.32. The summed E-state index contributed by atoms with van der Waals surface area (Å²) in [7, 11) is 3.71. The number of ether oxygens (including phenoxy) is 1. The van der Waals surface area contributed by atoms with Gasteiger partial charge in [-0.1, -0.05) is 55.8 Å². The Morgan fingerprint density at radius 3 is 2.42 bits per heavy atom. The van der Waals surface area contributed by atoms with Crippen LogP contribution in [0.15, 0.2) is 65.3 Å². The molecule has 0 saturated heterocycles. The van der Waals surface area contributed by atoms with Crippen molar-refractivity contribution in [1.82, 2.24) is 15.3 Å². The Labute approximate surface area is 183 Å². The van der Waals surface area contributed by atoms with Crippen LogP contribution in [0.4, 0.5) is 0 Å². The first-order chi connectivity index (χ1) is 15.2. The molecule has 0 saturated carbocycles. The van der Waals surface area contributed by atoms with Crippen LogP contribution < -0.4 is 10.1 Å². The second-order valence-corrected chi connectivity index (χ2v) is 7.71. The van der Waals surface area contributed by atoms with Crippen molar-refractivity contribution in [3.8, 4) is 28.2 Å². The van der Waals surface area contributed by atoms with Crippen LogP contribution in [0.5, 0.6) is 5.75 Å². The van der Waals surface area contributed by atoms with Gasteiger partial charge in [-0.05, 0) is 44.0 Å². The van der Waals surface area contributed by atoms with Gasteiger partial charge in [0.15, 0.2) is 0 Å². The lowest BCUT2D eigenvalue weighted by atomic mass is 9.96. The number of benzene rings is 2. The number of nitrogens with zero attached hydrogens (tertiary/aromatic N) is 2. The van der Waals surface area contributed by atoms with Crippen LogP contribution >= 0.6 is 0 Å². The zero-order chi connectivity index (χ0) is 21.6. The second-order valence-electron chi connectivity index (χ2n) is 7.71. The fourth-order valence-electron chi connectivity index (χ4n) is 4.10. The van der Waals surface area contributed by atoms with Gasteiger partial charge in [-0.25, -0.2) is 9.97 Å². The number of hydrogen-bond acceptors (Lipinski definition) is 5. The van der Waals surface area contributed by atoms with Crippen molar-refractivity contribution in [3.63, 3.8) is 0 Å². The fourth-order valence-corrected chi connectivity index (χ4v) is 4.10. The van der Waals surface area contributed by atoms with Gasteiger partial charge in [0.1, 0.15) is 17.8 Å². The topological polar surface area (TPSA) is 60.2 Å². The van der Waals surface area contributed by atoms with E-state index in [9.17, 15) is 0 Å². The third kappa shape index (κ3) is 4.47. The van der Waals surface area contributed by atoms with Crippen LogP contribution in [0.3, 0.4) is 0 Å². The van der Waals surface area contributed by atoms with Gasteiger partial charge in [0.25, 0.3) is 0 Å². The molecule has 0 spiro atoms. The first kappa shape index (κ1) is 21.1. The van der Waals surface area contributed by atoms with E-state index in [0.717, 1.165) is 65.0 Å². The van der Waals surface area contributed by atoms with Gasteiger partial charge in [-0.3, -0.25) is 0 Å². The van der Waals surface area contributed by atoms with Crippen molar-refractivity contribution in [1.29, 1.82) is 0 Å². The zero-order valence-electron chi connectivity index (χ0n) is 18.4. The summed E-state index contributed by atoms with van der Waals surface area (Å²) in [5.74, 6) is 1.65. The second kappa shape index (κ2) is 9.75. The monoisotopic (exact) mass is 415 g/mol. The average molecular weight is 416 g/mol. The number of methoxy groups -OCH3 is 1. The highest BCUT2D eigenvalue weighted by Gasteiger charge is 2.22. The molecule has 2 heterocycles. The van der Waals surface area contributed by atoms with Crippen LogP contribution in [-0.4, -0.2) is 30.2 Å². The number of aryl methyl sites for hydroxylation is 1. The van der Waals surface area contributed by atoms with E-state index in [1.54, 1.807) is 13.4 Å². The lowest BCUT2D eigenvalue weighted by Crippen LogP contribution is -2.25. The van der Waals surface area contributed by atoms with Crippen molar-refractivity contribution >= 4 is 11.1 Å². The van der Waals surface area contributed by atoms with Crippen molar-refractivity contribution in [2.24, 2.45) is 0 Å². The molecule has 4 rings (SSSR count). The average Bonchev–Trinajstić information content (AvgIpc) is 3.22. The van der Waals surface area contributed by atoms with Gasteiger partial charge in [0.05, 0.1) is 18.2 Å². The van der Waals surface area contributed by atoms with Crippen molar-refractivity contribution < 1.29 is 9.15 Å². The van der Waals surface area contributed by atoms with E-state index in [0.29, 0.717) is 11.8 Å². The smallest absolute Gasteiger partial charge is 0.230 e. The van der Waals surface area contributed by atoms with E-state index in [4.69, 9.17) is 9.15 Å². The Hall–Kier alpha value is -3.18. The molecule has 4 aromatic rings. The first-order valence-corrected chi connectivity index (χ1v) is 10.9. The fraction of sp³-hybridized carbons (Fsp3) is 0.308.